The topological polar surface area (TPSA) is 15.5 Å². The van der Waals surface area contributed by atoms with E-state index in [0.29, 0.717) is 11.3 Å². The number of nitrogens with zero attached hydrogens (tertiary/aromatic N) is 4. The van der Waals surface area contributed by atoms with Crippen molar-refractivity contribution in [1.82, 2.24) is 0 Å². The summed E-state index contributed by atoms with van der Waals surface area (Å²) >= 11 is 0. The summed E-state index contributed by atoms with van der Waals surface area (Å²) in [6, 6.07) is 85.0. The lowest BCUT2D eigenvalue weighted by Crippen LogP contribution is -2.30. The molecule has 0 N–H and O–H groups in total. The Morgan fingerprint density at radius 3 is 0.898 bits per heavy atom. The first-order valence-electron chi connectivity index (χ1n) is 36.9. The molecule has 12 rings (SSSR count). The Balaban J connectivity index is 0.000000158. The van der Waals surface area contributed by atoms with Crippen LogP contribution in [0.4, 0.5) is 0 Å². The largest absolute Gasteiger partial charge is 0.212 e. The molecule has 4 heteroatoms. The number of benzene rings is 8. The molecule has 0 spiro atoms. The molecule has 0 unspecified atom stereocenters. The van der Waals surface area contributed by atoms with Crippen LogP contribution in [0.25, 0.3) is 89.5 Å². The molecular formula is C94H108N4+4. The molecule has 0 saturated carbocycles. The van der Waals surface area contributed by atoms with Gasteiger partial charge in [0.2, 0.25) is 22.8 Å². The summed E-state index contributed by atoms with van der Waals surface area (Å²) in [4.78, 5) is 0. The third-order valence-electron chi connectivity index (χ3n) is 17.6. The lowest BCUT2D eigenvalue weighted by atomic mass is 9.87. The summed E-state index contributed by atoms with van der Waals surface area (Å²) in [6.07, 6.45) is 8.24. The molecule has 500 valence electrons. The van der Waals surface area contributed by atoms with E-state index in [-0.39, 0.29) is 5.92 Å². The summed E-state index contributed by atoms with van der Waals surface area (Å²) in [5.74, 6) is 0.640. The van der Waals surface area contributed by atoms with Crippen LogP contribution in [0.5, 0.6) is 0 Å². The number of hydrogen-bond acceptors (Lipinski definition) is 0. The van der Waals surface area contributed by atoms with Gasteiger partial charge in [-0.3, -0.25) is 0 Å². The van der Waals surface area contributed by atoms with Crippen molar-refractivity contribution in [3.8, 4) is 89.5 Å². The molecule has 0 aliphatic carbocycles. The van der Waals surface area contributed by atoms with Gasteiger partial charge in [0.05, 0.1) is 0 Å². The van der Waals surface area contributed by atoms with Gasteiger partial charge in [-0.15, -0.1) is 0 Å². The highest BCUT2D eigenvalue weighted by Gasteiger charge is 2.20. The molecule has 0 radical (unpaired) electrons. The van der Waals surface area contributed by atoms with Crippen molar-refractivity contribution in [2.75, 3.05) is 0 Å². The van der Waals surface area contributed by atoms with Gasteiger partial charge in [0.1, 0.15) is 28.2 Å². The molecular weight excluding hydrogens is 1190 g/mol. The fourth-order valence-electron chi connectivity index (χ4n) is 12.7. The minimum absolute atomic E-state index is 0.0560. The van der Waals surface area contributed by atoms with Gasteiger partial charge in [-0.05, 0) is 191 Å². The van der Waals surface area contributed by atoms with E-state index in [1.165, 1.54) is 95.0 Å². The molecule has 0 amide bonds. The van der Waals surface area contributed by atoms with Crippen LogP contribution in [0.3, 0.4) is 0 Å². The maximum atomic E-state index is 8.55. The molecule has 8 aromatic carbocycles. The van der Waals surface area contributed by atoms with Crippen molar-refractivity contribution in [3.63, 3.8) is 0 Å². The maximum Gasteiger partial charge on any atom is 0.212 e. The van der Waals surface area contributed by atoms with Gasteiger partial charge >= 0.3 is 0 Å². The summed E-state index contributed by atoms with van der Waals surface area (Å²) < 4.78 is 42.3. The van der Waals surface area contributed by atoms with Gasteiger partial charge in [-0.25, -0.2) is 18.3 Å². The van der Waals surface area contributed by atoms with E-state index in [2.05, 4.69) is 328 Å². The van der Waals surface area contributed by atoms with Crippen LogP contribution in [0.2, 0.25) is 0 Å². The molecule has 0 atom stereocenters. The van der Waals surface area contributed by atoms with Crippen LogP contribution >= 0.6 is 0 Å². The van der Waals surface area contributed by atoms with E-state index in [1.54, 1.807) is 0 Å². The van der Waals surface area contributed by atoms with Gasteiger partial charge in [0.25, 0.3) is 0 Å². The van der Waals surface area contributed by atoms with Gasteiger partial charge in [0.15, 0.2) is 24.8 Å². The van der Waals surface area contributed by atoms with E-state index < -0.39 is 18.2 Å². The highest BCUT2D eigenvalue weighted by Crippen LogP contribution is 2.31. The zero-order chi connectivity index (χ0) is 73.8. The van der Waals surface area contributed by atoms with Gasteiger partial charge in [-0.2, -0.15) is 0 Å². The van der Waals surface area contributed by atoms with Crippen LogP contribution < -0.4 is 18.3 Å². The first kappa shape index (κ1) is 67.0. The Morgan fingerprint density at radius 2 is 0.602 bits per heavy atom. The van der Waals surface area contributed by atoms with E-state index in [1.807, 2.05) is 83.1 Å². The van der Waals surface area contributed by atoms with E-state index in [9.17, 15) is 0 Å². The molecule has 4 heterocycles. The second-order valence-corrected chi connectivity index (χ2v) is 29.5. The Kier molecular flexibility index (Phi) is 22.6. The highest BCUT2D eigenvalue weighted by molar-refractivity contribution is 5.70. The Hall–Kier alpha value is -9.64. The summed E-state index contributed by atoms with van der Waals surface area (Å²) in [5.41, 5.74) is 28.5. The minimum atomic E-state index is -1.40. The monoisotopic (exact) mass is 1300 g/mol. The number of hydrogen-bond donors (Lipinski definition) is 0. The standard InChI is InChI=1S/2C24H28N.2C23H26N/c1-18-9-6-7-12-22(18)23-14-13-21(17-25(23)5)20-11-8-10-19(15-20)16-24(2,3)4;1-18-8-6-7-9-22(18)23-15-14-21(17-25(23)5)20-12-10-19(11-13-20)16-24(2,3)4;2*1-17(2)15-19-9-11-20(12-10-19)21-13-14-23(24(4)16-21)22-8-6-5-7-18(22)3/h2*6-15,17H,16H2,1-5H3;2*5-14,16-17H,15H2,1-4H3/q4*+1/i16D2;;15D2;. The molecule has 4 nitrogen and oxygen atoms in total. The Labute approximate surface area is 595 Å². The third-order valence-corrected chi connectivity index (χ3v) is 17.6. The molecule has 98 heavy (non-hydrogen) atoms. The average molecular weight is 1300 g/mol. The molecule has 0 aliphatic rings. The predicted molar refractivity (Wildman–Crippen MR) is 416 cm³/mol. The number of aromatic nitrogens is 4. The van der Waals surface area contributed by atoms with Crippen LogP contribution in [0, 0.1) is 50.4 Å². The lowest BCUT2D eigenvalue weighted by Gasteiger charge is -2.18. The van der Waals surface area contributed by atoms with Crippen molar-refractivity contribution in [2.24, 2.45) is 50.9 Å². The minimum Gasteiger partial charge on any atom is -0.200 e. The van der Waals surface area contributed by atoms with Gasteiger partial charge in [-0.1, -0.05) is 239 Å². The van der Waals surface area contributed by atoms with E-state index in [4.69, 9.17) is 5.48 Å². The van der Waals surface area contributed by atoms with Crippen LogP contribution in [-0.4, -0.2) is 0 Å². The van der Waals surface area contributed by atoms with Gasteiger partial charge < -0.3 is 0 Å². The lowest BCUT2D eigenvalue weighted by molar-refractivity contribution is -0.660. The predicted octanol–water partition coefficient (Wildman–Crippen LogP) is 22.2. The fourth-order valence-corrected chi connectivity index (χ4v) is 12.7. The summed E-state index contributed by atoms with van der Waals surface area (Å²) in [6.45, 7) is 29.6. The van der Waals surface area contributed by atoms with Gasteiger partial charge in [0, 0.05) is 74.3 Å². The van der Waals surface area contributed by atoms with E-state index >= 15 is 0 Å². The third kappa shape index (κ3) is 20.2. The highest BCUT2D eigenvalue weighted by atomic mass is 14.9. The van der Waals surface area contributed by atoms with Crippen LogP contribution in [-0.2, 0) is 53.8 Å². The van der Waals surface area contributed by atoms with Crippen molar-refractivity contribution >= 4 is 0 Å². The number of aryl methyl sites for hydroxylation is 8. The first-order chi connectivity index (χ1) is 48.3. The Bertz CT molecular complexity index is 4800. The summed E-state index contributed by atoms with van der Waals surface area (Å²) in [7, 11) is 8.37. The maximum absolute atomic E-state index is 8.55. The molecule has 0 aliphatic heterocycles. The number of pyridine rings is 4. The fraction of sp³-hybridized carbons (Fsp3) is 0.277. The second-order valence-electron chi connectivity index (χ2n) is 29.5. The number of rotatable bonds is 14. The van der Waals surface area contributed by atoms with Crippen LogP contribution in [0.15, 0.2) is 267 Å². The molecule has 0 bridgehead atoms. The SMILES string of the molecule is Cc1ccccc1-c1ccc(-c2ccc(CC(C)(C)C)cc2)c[n+]1C.Cc1ccccc1-c1ccc(-c2ccc(CC(C)C)cc2)c[n+]1C.[2H]C([2H])(c1ccc(-c2ccc(-c3ccccc3C)[n+](C)c2)cc1)C(C)C.[2H]C([2H])(c1cccc(-c2ccc(-c3ccccc3C)[n+](C)c2)c1)C(C)(C)C. The average Bonchev–Trinajstić information content (AvgIpc) is 0.808. The summed E-state index contributed by atoms with van der Waals surface area (Å²) in [5, 5.41) is 0. The zero-order valence-electron chi connectivity index (χ0n) is 65.8. The molecule has 4 aromatic heterocycles. The van der Waals surface area contributed by atoms with Crippen molar-refractivity contribution < 1.29 is 23.8 Å². The van der Waals surface area contributed by atoms with Crippen LogP contribution in [0.1, 0.15) is 119 Å². The normalized spacial score (nSPS) is 12.2. The molecule has 0 fully saturated rings. The first-order valence-corrected chi connectivity index (χ1v) is 34.9. The quantitative estimate of drug-likeness (QED) is 0.0965. The molecule has 12 aromatic rings. The second kappa shape index (κ2) is 33.1. The zero-order valence-corrected chi connectivity index (χ0v) is 61.8. The molecule has 0 saturated heterocycles. The van der Waals surface area contributed by atoms with Crippen molar-refractivity contribution in [3.05, 3.63) is 312 Å². The van der Waals surface area contributed by atoms with E-state index in [0.717, 1.165) is 51.9 Å². The van der Waals surface area contributed by atoms with Crippen molar-refractivity contribution in [2.45, 2.75) is 123 Å². The smallest absolute Gasteiger partial charge is 0.200 e. The Morgan fingerprint density at radius 1 is 0.296 bits per heavy atom. The van der Waals surface area contributed by atoms with Crippen molar-refractivity contribution in [1.29, 1.82) is 0 Å².